The van der Waals surface area contributed by atoms with Gasteiger partial charge in [-0.2, -0.15) is 0 Å². The lowest BCUT2D eigenvalue weighted by Crippen LogP contribution is -2.43. The number of ether oxygens (including phenoxy) is 1. The van der Waals surface area contributed by atoms with Crippen molar-refractivity contribution >= 4 is 0 Å². The van der Waals surface area contributed by atoms with E-state index in [-0.39, 0.29) is 0 Å². The van der Waals surface area contributed by atoms with Crippen LogP contribution < -0.4 is 5.32 Å². The number of hydrogen-bond acceptors (Lipinski definition) is 2. The first-order chi connectivity index (χ1) is 9.22. The van der Waals surface area contributed by atoms with Crippen LogP contribution in [0.15, 0.2) is 24.3 Å². The molecule has 1 aromatic carbocycles. The molecule has 1 rings (SSSR count). The van der Waals surface area contributed by atoms with Crippen LogP contribution in [-0.2, 0) is 11.2 Å². The Morgan fingerprint density at radius 1 is 1.16 bits per heavy atom. The minimum absolute atomic E-state index is 0.302. The number of rotatable bonds is 9. The van der Waals surface area contributed by atoms with Gasteiger partial charge in [0.15, 0.2) is 0 Å². The number of hydrogen-bond donors (Lipinski definition) is 1. The third-order valence-electron chi connectivity index (χ3n) is 3.59. The van der Waals surface area contributed by atoms with Gasteiger partial charge in [-0.15, -0.1) is 0 Å². The highest BCUT2D eigenvalue weighted by molar-refractivity contribution is 5.26. The topological polar surface area (TPSA) is 21.3 Å². The SMILES string of the molecule is CCCNC(Cc1ccccc1C)C(CC)OCC. The monoisotopic (exact) mass is 263 g/mol. The van der Waals surface area contributed by atoms with Crippen LogP contribution in [0.5, 0.6) is 0 Å². The largest absolute Gasteiger partial charge is 0.377 e. The first-order valence-electron chi connectivity index (χ1n) is 7.62. The van der Waals surface area contributed by atoms with Crippen LogP contribution in [0.1, 0.15) is 44.7 Å². The third-order valence-corrected chi connectivity index (χ3v) is 3.59. The van der Waals surface area contributed by atoms with Crippen molar-refractivity contribution in [1.29, 1.82) is 0 Å². The van der Waals surface area contributed by atoms with Crippen LogP contribution in [0.25, 0.3) is 0 Å². The third kappa shape index (κ3) is 5.33. The van der Waals surface area contributed by atoms with Gasteiger partial charge in [-0.3, -0.25) is 0 Å². The van der Waals surface area contributed by atoms with Crippen molar-refractivity contribution < 1.29 is 4.74 Å². The quantitative estimate of drug-likeness (QED) is 0.733. The molecule has 0 fully saturated rings. The molecule has 1 N–H and O–H groups in total. The van der Waals surface area contributed by atoms with E-state index in [1.807, 2.05) is 0 Å². The Morgan fingerprint density at radius 3 is 2.47 bits per heavy atom. The van der Waals surface area contributed by atoms with E-state index < -0.39 is 0 Å². The Morgan fingerprint density at radius 2 is 1.89 bits per heavy atom. The molecule has 2 heteroatoms. The minimum Gasteiger partial charge on any atom is -0.377 e. The van der Waals surface area contributed by atoms with Gasteiger partial charge in [-0.25, -0.2) is 0 Å². The van der Waals surface area contributed by atoms with E-state index in [1.165, 1.54) is 11.1 Å². The van der Waals surface area contributed by atoms with Crippen LogP contribution in [0.2, 0.25) is 0 Å². The van der Waals surface area contributed by atoms with Crippen LogP contribution in [0.3, 0.4) is 0 Å². The molecule has 0 bridgehead atoms. The van der Waals surface area contributed by atoms with Crippen molar-refractivity contribution in [3.05, 3.63) is 35.4 Å². The van der Waals surface area contributed by atoms with Crippen LogP contribution in [0, 0.1) is 6.92 Å². The van der Waals surface area contributed by atoms with E-state index in [1.54, 1.807) is 0 Å². The molecule has 0 amide bonds. The second-order valence-corrected chi connectivity index (χ2v) is 5.09. The summed E-state index contributed by atoms with van der Waals surface area (Å²) in [5.74, 6) is 0. The van der Waals surface area contributed by atoms with Crippen LogP contribution >= 0.6 is 0 Å². The molecular formula is C17H29NO. The van der Waals surface area contributed by atoms with E-state index in [0.29, 0.717) is 12.1 Å². The molecule has 1 aromatic rings. The Kier molecular flexibility index (Phi) is 7.76. The first-order valence-corrected chi connectivity index (χ1v) is 7.62. The fourth-order valence-electron chi connectivity index (χ4n) is 2.47. The van der Waals surface area contributed by atoms with E-state index in [0.717, 1.165) is 32.4 Å². The molecule has 19 heavy (non-hydrogen) atoms. The van der Waals surface area contributed by atoms with Gasteiger partial charge in [0, 0.05) is 12.6 Å². The van der Waals surface area contributed by atoms with Crippen LogP contribution in [0.4, 0.5) is 0 Å². The van der Waals surface area contributed by atoms with E-state index in [9.17, 15) is 0 Å². The zero-order valence-electron chi connectivity index (χ0n) is 12.9. The highest BCUT2D eigenvalue weighted by atomic mass is 16.5. The predicted molar refractivity (Wildman–Crippen MR) is 82.7 cm³/mol. The molecule has 0 heterocycles. The maximum Gasteiger partial charge on any atom is 0.0728 e. The highest BCUT2D eigenvalue weighted by Crippen LogP contribution is 2.15. The summed E-state index contributed by atoms with van der Waals surface area (Å²) in [5, 5.41) is 3.66. The summed E-state index contributed by atoms with van der Waals surface area (Å²) in [7, 11) is 0. The van der Waals surface area contributed by atoms with Gasteiger partial charge < -0.3 is 10.1 Å². The first kappa shape index (κ1) is 16.2. The number of aryl methyl sites for hydroxylation is 1. The second kappa shape index (κ2) is 9.11. The maximum absolute atomic E-state index is 5.90. The predicted octanol–water partition coefficient (Wildman–Crippen LogP) is 3.72. The molecule has 0 aliphatic heterocycles. The van der Waals surface area contributed by atoms with Gasteiger partial charge >= 0.3 is 0 Å². The number of benzene rings is 1. The fourth-order valence-corrected chi connectivity index (χ4v) is 2.47. The van der Waals surface area contributed by atoms with Gasteiger partial charge in [0.05, 0.1) is 6.10 Å². The Hall–Kier alpha value is -0.860. The smallest absolute Gasteiger partial charge is 0.0728 e. The summed E-state index contributed by atoms with van der Waals surface area (Å²) in [4.78, 5) is 0. The van der Waals surface area contributed by atoms with Crippen molar-refractivity contribution in [2.24, 2.45) is 0 Å². The average molecular weight is 263 g/mol. The summed E-state index contributed by atoms with van der Waals surface area (Å²) in [5.41, 5.74) is 2.80. The van der Waals surface area contributed by atoms with Gasteiger partial charge in [-0.1, -0.05) is 38.1 Å². The normalized spacial score (nSPS) is 14.3. The molecule has 0 aliphatic rings. The molecule has 0 saturated carbocycles. The Labute approximate surface area is 118 Å². The van der Waals surface area contributed by atoms with Crippen molar-refractivity contribution in [3.8, 4) is 0 Å². The van der Waals surface area contributed by atoms with Crippen molar-refractivity contribution in [2.75, 3.05) is 13.2 Å². The zero-order valence-corrected chi connectivity index (χ0v) is 12.9. The van der Waals surface area contributed by atoms with E-state index >= 15 is 0 Å². The lowest BCUT2D eigenvalue weighted by molar-refractivity contribution is 0.0319. The lowest BCUT2D eigenvalue weighted by atomic mass is 9.96. The summed E-state index contributed by atoms with van der Waals surface area (Å²) in [6.07, 6.45) is 3.57. The van der Waals surface area contributed by atoms with Gasteiger partial charge in [0.1, 0.15) is 0 Å². The molecule has 108 valence electrons. The summed E-state index contributed by atoms with van der Waals surface area (Å²) >= 11 is 0. The standard InChI is InChI=1S/C17H29NO/c1-5-12-18-16(17(6-2)19-7-3)13-15-11-9-8-10-14(15)4/h8-11,16-18H,5-7,12-13H2,1-4H3. The number of nitrogens with one attached hydrogen (secondary N) is 1. The lowest BCUT2D eigenvalue weighted by Gasteiger charge is -2.28. The molecule has 0 spiro atoms. The van der Waals surface area contributed by atoms with Gasteiger partial charge in [0.25, 0.3) is 0 Å². The Bertz CT molecular complexity index is 351. The van der Waals surface area contributed by atoms with E-state index in [4.69, 9.17) is 4.74 Å². The van der Waals surface area contributed by atoms with Crippen molar-refractivity contribution in [3.63, 3.8) is 0 Å². The fraction of sp³-hybridized carbons (Fsp3) is 0.647. The second-order valence-electron chi connectivity index (χ2n) is 5.09. The molecular weight excluding hydrogens is 234 g/mol. The van der Waals surface area contributed by atoms with Crippen molar-refractivity contribution in [2.45, 2.75) is 59.1 Å². The van der Waals surface area contributed by atoms with Gasteiger partial charge in [0.2, 0.25) is 0 Å². The molecule has 0 saturated heterocycles. The van der Waals surface area contributed by atoms with Gasteiger partial charge in [-0.05, 0) is 50.8 Å². The summed E-state index contributed by atoms with van der Waals surface area (Å²) in [6.45, 7) is 10.5. The molecule has 2 unspecified atom stereocenters. The summed E-state index contributed by atoms with van der Waals surface area (Å²) < 4.78 is 5.90. The highest BCUT2D eigenvalue weighted by Gasteiger charge is 2.20. The molecule has 0 aromatic heterocycles. The minimum atomic E-state index is 0.302. The van der Waals surface area contributed by atoms with Crippen LogP contribution in [-0.4, -0.2) is 25.3 Å². The molecule has 0 radical (unpaired) electrons. The average Bonchev–Trinajstić information content (AvgIpc) is 2.43. The van der Waals surface area contributed by atoms with Crippen molar-refractivity contribution in [1.82, 2.24) is 5.32 Å². The van der Waals surface area contributed by atoms with E-state index in [2.05, 4.69) is 57.3 Å². The zero-order chi connectivity index (χ0) is 14.1. The molecule has 2 nitrogen and oxygen atoms in total. The molecule has 0 aliphatic carbocycles. The Balaban J connectivity index is 2.75. The summed E-state index contributed by atoms with van der Waals surface area (Å²) in [6, 6.07) is 9.06. The molecule has 2 atom stereocenters. The maximum atomic E-state index is 5.90.